The molecule has 15 heavy (non-hydrogen) atoms. The van der Waals surface area contributed by atoms with Crippen molar-refractivity contribution >= 4 is 36.7 Å². The molecule has 2 N–H and O–H groups in total. The summed E-state index contributed by atoms with van der Waals surface area (Å²) in [6, 6.07) is 0. The second-order valence-corrected chi connectivity index (χ2v) is 5.54. The van der Waals surface area contributed by atoms with Gasteiger partial charge in [0.2, 0.25) is 5.91 Å². The van der Waals surface area contributed by atoms with E-state index in [4.69, 9.17) is 38.0 Å². The zero-order valence-corrected chi connectivity index (χ0v) is 10.6. The summed E-state index contributed by atoms with van der Waals surface area (Å²) in [5, 5.41) is 0. The second kappa shape index (κ2) is 8.36. The number of hydrogen-bond donors (Lipinski definition) is 1. The molecule has 0 unspecified atom stereocenters. The molecule has 0 fully saturated rings. The van der Waals surface area contributed by atoms with Gasteiger partial charge in [0, 0.05) is 18.2 Å². The van der Waals surface area contributed by atoms with Crippen molar-refractivity contribution in [1.82, 2.24) is 0 Å². The highest BCUT2D eigenvalue weighted by Gasteiger charge is 2.24. The first kappa shape index (κ1) is 15.2. The molecule has 0 atom stereocenters. The highest BCUT2D eigenvalue weighted by Crippen LogP contribution is 2.48. The largest absolute Gasteiger partial charge is 0.370 e. The fourth-order valence-corrected chi connectivity index (χ4v) is 2.70. The minimum Gasteiger partial charge on any atom is -0.370 e. The van der Waals surface area contributed by atoms with Crippen LogP contribution in [0.15, 0.2) is 0 Å². The summed E-state index contributed by atoms with van der Waals surface area (Å²) in [7, 11) is -3.28. The van der Waals surface area contributed by atoms with Crippen LogP contribution in [-0.2, 0) is 18.4 Å². The number of amides is 1. The SMILES string of the molecule is NC(=O)CCP(=O)(OCCCl)OCCCl. The maximum Gasteiger partial charge on any atom is 0.331 e. The average Bonchev–Trinajstić information content (AvgIpc) is 2.21. The van der Waals surface area contributed by atoms with Gasteiger partial charge in [-0.2, -0.15) is 0 Å². The summed E-state index contributed by atoms with van der Waals surface area (Å²) in [4.78, 5) is 10.5. The van der Waals surface area contributed by atoms with Crippen LogP contribution in [0.2, 0.25) is 0 Å². The van der Waals surface area contributed by atoms with Crippen molar-refractivity contribution in [3.05, 3.63) is 0 Å². The predicted octanol–water partition coefficient (Wildman–Crippen LogP) is 1.57. The van der Waals surface area contributed by atoms with Crippen LogP contribution in [0.5, 0.6) is 0 Å². The smallest absolute Gasteiger partial charge is 0.331 e. The Morgan fingerprint density at radius 1 is 1.20 bits per heavy atom. The molecule has 0 aromatic carbocycles. The van der Waals surface area contributed by atoms with E-state index in [2.05, 4.69) is 0 Å². The standard InChI is InChI=1S/C7H14Cl2NO4P/c8-2-4-13-15(12,14-5-3-9)6-1-7(10)11/h1-6H2,(H2,10,11). The molecule has 5 nitrogen and oxygen atoms in total. The number of rotatable bonds is 9. The van der Waals surface area contributed by atoms with E-state index in [0.29, 0.717) is 0 Å². The van der Waals surface area contributed by atoms with Crippen molar-refractivity contribution in [2.75, 3.05) is 31.1 Å². The molecule has 0 saturated carbocycles. The Hall–Kier alpha value is 0.200. The van der Waals surface area contributed by atoms with Gasteiger partial charge in [-0.25, -0.2) is 0 Å². The quantitative estimate of drug-likeness (QED) is 0.513. The fourth-order valence-electron chi connectivity index (χ4n) is 0.761. The third-order valence-corrected chi connectivity index (χ3v) is 3.59. The highest BCUT2D eigenvalue weighted by molar-refractivity contribution is 7.53. The molecule has 90 valence electrons. The van der Waals surface area contributed by atoms with E-state index in [0.717, 1.165) is 0 Å². The second-order valence-electron chi connectivity index (χ2n) is 2.60. The monoisotopic (exact) mass is 277 g/mol. The van der Waals surface area contributed by atoms with Gasteiger partial charge in [-0.1, -0.05) is 0 Å². The van der Waals surface area contributed by atoms with E-state index >= 15 is 0 Å². The Morgan fingerprint density at radius 3 is 2.00 bits per heavy atom. The molecule has 0 aliphatic heterocycles. The summed E-state index contributed by atoms with van der Waals surface area (Å²) in [6.07, 6.45) is -0.0992. The molecule has 0 spiro atoms. The van der Waals surface area contributed by atoms with Crippen molar-refractivity contribution in [3.63, 3.8) is 0 Å². The van der Waals surface area contributed by atoms with E-state index in [9.17, 15) is 9.36 Å². The summed E-state index contributed by atoms with van der Waals surface area (Å²) in [6.45, 7) is 0.194. The van der Waals surface area contributed by atoms with Gasteiger partial charge in [0.05, 0.1) is 19.4 Å². The molecular formula is C7H14Cl2NO4P. The molecule has 0 heterocycles. The van der Waals surface area contributed by atoms with E-state index in [1.165, 1.54) is 0 Å². The third kappa shape index (κ3) is 8.05. The first-order valence-corrected chi connectivity index (χ1v) is 7.12. The number of carbonyl (C=O) groups is 1. The lowest BCUT2D eigenvalue weighted by atomic mass is 10.5. The van der Waals surface area contributed by atoms with E-state index in [1.54, 1.807) is 0 Å². The summed E-state index contributed by atoms with van der Waals surface area (Å²) < 4.78 is 21.8. The number of primary amides is 1. The maximum atomic E-state index is 11.9. The lowest BCUT2D eigenvalue weighted by molar-refractivity contribution is -0.117. The molecule has 8 heteroatoms. The zero-order chi connectivity index (χ0) is 11.7. The van der Waals surface area contributed by atoms with Gasteiger partial charge < -0.3 is 14.8 Å². The van der Waals surface area contributed by atoms with Crippen LogP contribution >= 0.6 is 30.8 Å². The van der Waals surface area contributed by atoms with Crippen LogP contribution in [0, 0.1) is 0 Å². The molecule has 0 radical (unpaired) electrons. The molecule has 0 aromatic heterocycles. The van der Waals surface area contributed by atoms with Crippen LogP contribution in [-0.4, -0.2) is 37.0 Å². The van der Waals surface area contributed by atoms with Crippen molar-refractivity contribution in [3.8, 4) is 0 Å². The van der Waals surface area contributed by atoms with Gasteiger partial charge in [0.25, 0.3) is 0 Å². The summed E-state index contributed by atoms with van der Waals surface area (Å²) in [5.74, 6) is -0.158. The van der Waals surface area contributed by atoms with E-state index in [-0.39, 0.29) is 37.6 Å². The van der Waals surface area contributed by atoms with Crippen LogP contribution in [0.25, 0.3) is 0 Å². The molecule has 0 aliphatic rings. The van der Waals surface area contributed by atoms with Gasteiger partial charge >= 0.3 is 7.60 Å². The van der Waals surface area contributed by atoms with Gasteiger partial charge in [-0.05, 0) is 0 Å². The number of hydrogen-bond acceptors (Lipinski definition) is 4. The minimum atomic E-state index is -3.28. The van der Waals surface area contributed by atoms with E-state index < -0.39 is 13.5 Å². The third-order valence-electron chi connectivity index (χ3n) is 1.36. The Morgan fingerprint density at radius 2 is 1.67 bits per heavy atom. The lowest BCUT2D eigenvalue weighted by Crippen LogP contribution is -2.14. The van der Waals surface area contributed by atoms with Crippen molar-refractivity contribution in [2.45, 2.75) is 6.42 Å². The number of halogens is 2. The van der Waals surface area contributed by atoms with Crippen LogP contribution < -0.4 is 5.73 Å². The first-order valence-electron chi connectivity index (χ1n) is 4.32. The highest BCUT2D eigenvalue weighted by atomic mass is 35.5. The van der Waals surface area contributed by atoms with Gasteiger partial charge in [0.1, 0.15) is 0 Å². The lowest BCUT2D eigenvalue weighted by Gasteiger charge is -2.16. The van der Waals surface area contributed by atoms with Gasteiger partial charge in [-0.3, -0.25) is 9.36 Å². The fraction of sp³-hybridized carbons (Fsp3) is 0.857. The molecule has 0 rings (SSSR count). The van der Waals surface area contributed by atoms with Crippen molar-refractivity contribution in [2.24, 2.45) is 5.73 Å². The Bertz CT molecular complexity index is 227. The predicted molar refractivity (Wildman–Crippen MR) is 59.6 cm³/mol. The molecule has 0 bridgehead atoms. The Labute approximate surface area is 98.7 Å². The molecular weight excluding hydrogens is 264 g/mol. The van der Waals surface area contributed by atoms with Gasteiger partial charge in [-0.15, -0.1) is 23.2 Å². The maximum absolute atomic E-state index is 11.9. The number of carbonyl (C=O) groups excluding carboxylic acids is 1. The van der Waals surface area contributed by atoms with Crippen LogP contribution in [0.3, 0.4) is 0 Å². The van der Waals surface area contributed by atoms with Crippen molar-refractivity contribution in [1.29, 1.82) is 0 Å². The minimum absolute atomic E-state index is 0.0455. The Kier molecular flexibility index (Phi) is 8.47. The molecule has 0 saturated heterocycles. The summed E-state index contributed by atoms with van der Waals surface area (Å²) in [5.41, 5.74) is 4.93. The molecule has 0 aromatic rings. The molecule has 0 aliphatic carbocycles. The Balaban J connectivity index is 4.13. The summed E-state index contributed by atoms with van der Waals surface area (Å²) >= 11 is 10.8. The van der Waals surface area contributed by atoms with Crippen molar-refractivity contribution < 1.29 is 18.4 Å². The first-order chi connectivity index (χ1) is 7.04. The van der Waals surface area contributed by atoms with Gasteiger partial charge in [0.15, 0.2) is 0 Å². The van der Waals surface area contributed by atoms with Crippen LogP contribution in [0.1, 0.15) is 6.42 Å². The zero-order valence-electron chi connectivity index (χ0n) is 8.16. The van der Waals surface area contributed by atoms with Crippen LogP contribution in [0.4, 0.5) is 0 Å². The number of nitrogens with two attached hydrogens (primary N) is 1. The molecule has 1 amide bonds. The topological polar surface area (TPSA) is 78.6 Å². The average molecular weight is 278 g/mol. The number of alkyl halides is 2. The normalized spacial score (nSPS) is 11.6. The van der Waals surface area contributed by atoms with E-state index in [1.807, 2.05) is 0 Å².